The quantitative estimate of drug-likeness (QED) is 0.478. The first-order valence-corrected chi connectivity index (χ1v) is 8.59. The molecule has 0 bridgehead atoms. The van der Waals surface area contributed by atoms with Gasteiger partial charge < -0.3 is 10.1 Å². The second-order valence-electron chi connectivity index (χ2n) is 5.73. The highest BCUT2D eigenvalue weighted by Gasteiger charge is 2.42. The summed E-state index contributed by atoms with van der Waals surface area (Å²) >= 11 is 5.75. The molecule has 0 saturated carbocycles. The number of hydrogen-bond acceptors (Lipinski definition) is 4. The van der Waals surface area contributed by atoms with Gasteiger partial charge in [0.25, 0.3) is 5.91 Å². The lowest BCUT2D eigenvalue weighted by molar-refractivity contribution is -0.143. The maximum absolute atomic E-state index is 13.5. The van der Waals surface area contributed by atoms with E-state index in [2.05, 4.69) is 15.6 Å². The van der Waals surface area contributed by atoms with E-state index in [0.717, 1.165) is 12.1 Å². The molecule has 0 radical (unpaired) electrons. The Morgan fingerprint density at radius 3 is 2.55 bits per heavy atom. The molecule has 29 heavy (non-hydrogen) atoms. The predicted octanol–water partition coefficient (Wildman–Crippen LogP) is 3.89. The minimum absolute atomic E-state index is 0.00670. The third-order valence-corrected chi connectivity index (χ3v) is 3.93. The fraction of sp³-hybridized carbons (Fsp3) is 0.167. The molecule has 1 heterocycles. The van der Waals surface area contributed by atoms with Gasteiger partial charge in [-0.25, -0.2) is 9.07 Å². The van der Waals surface area contributed by atoms with E-state index in [4.69, 9.17) is 16.3 Å². The van der Waals surface area contributed by atoms with Gasteiger partial charge in [-0.15, -0.1) is 5.10 Å². The van der Waals surface area contributed by atoms with Gasteiger partial charge in [0.2, 0.25) is 0 Å². The Morgan fingerprint density at radius 1 is 1.17 bits per heavy atom. The number of amides is 1. The summed E-state index contributed by atoms with van der Waals surface area (Å²) in [5.41, 5.74) is -2.54. The molecule has 0 unspecified atom stereocenters. The summed E-state index contributed by atoms with van der Waals surface area (Å²) in [7, 11) is 0. The van der Waals surface area contributed by atoms with E-state index in [1.165, 1.54) is 12.1 Å². The molecule has 0 fully saturated rings. The highest BCUT2D eigenvalue weighted by atomic mass is 35.5. The SMILES string of the molecule is O=C(NCCOc1ccc(Cl)cc1)c1nnn(-c2cccc(F)c2)c1C(F)(F)F. The number of carbonyl (C=O) groups is 1. The van der Waals surface area contributed by atoms with Crippen LogP contribution in [0.25, 0.3) is 5.69 Å². The molecule has 3 rings (SSSR count). The Balaban J connectivity index is 1.72. The van der Waals surface area contributed by atoms with Gasteiger partial charge in [-0.2, -0.15) is 13.2 Å². The highest BCUT2D eigenvalue weighted by molar-refractivity contribution is 6.30. The number of halogens is 5. The number of carbonyl (C=O) groups excluding carboxylic acids is 1. The van der Waals surface area contributed by atoms with E-state index in [0.29, 0.717) is 15.5 Å². The number of benzene rings is 2. The molecule has 0 aliphatic heterocycles. The molecule has 1 N–H and O–H groups in total. The fourth-order valence-electron chi connectivity index (χ4n) is 2.43. The van der Waals surface area contributed by atoms with Crippen LogP contribution in [0.3, 0.4) is 0 Å². The van der Waals surface area contributed by atoms with Crippen molar-refractivity contribution < 1.29 is 27.1 Å². The van der Waals surface area contributed by atoms with Gasteiger partial charge in [0.15, 0.2) is 11.4 Å². The van der Waals surface area contributed by atoms with Crippen molar-refractivity contribution in [1.82, 2.24) is 20.3 Å². The zero-order valence-corrected chi connectivity index (χ0v) is 15.3. The average molecular weight is 429 g/mol. The van der Waals surface area contributed by atoms with Gasteiger partial charge in [0, 0.05) is 5.02 Å². The van der Waals surface area contributed by atoms with E-state index in [9.17, 15) is 22.4 Å². The predicted molar refractivity (Wildman–Crippen MR) is 95.6 cm³/mol. The van der Waals surface area contributed by atoms with Crippen LogP contribution in [0, 0.1) is 5.82 Å². The van der Waals surface area contributed by atoms with Crippen LogP contribution in [0.1, 0.15) is 16.2 Å². The third-order valence-electron chi connectivity index (χ3n) is 3.68. The second kappa shape index (κ2) is 8.48. The molecular weight excluding hydrogens is 416 g/mol. The largest absolute Gasteiger partial charge is 0.492 e. The summed E-state index contributed by atoms with van der Waals surface area (Å²) in [6.07, 6.45) is -4.94. The van der Waals surface area contributed by atoms with Crippen molar-refractivity contribution in [2.75, 3.05) is 13.2 Å². The Hall–Kier alpha value is -3.14. The fourth-order valence-corrected chi connectivity index (χ4v) is 2.55. The number of alkyl halides is 3. The molecule has 0 aliphatic rings. The van der Waals surface area contributed by atoms with Crippen LogP contribution < -0.4 is 10.1 Å². The van der Waals surface area contributed by atoms with E-state index < -0.39 is 29.3 Å². The maximum atomic E-state index is 13.5. The summed E-state index contributed by atoms with van der Waals surface area (Å²) < 4.78 is 59.7. The summed E-state index contributed by atoms with van der Waals surface area (Å²) in [6, 6.07) is 10.8. The van der Waals surface area contributed by atoms with Crippen molar-refractivity contribution in [3.05, 3.63) is 70.8 Å². The smallest absolute Gasteiger partial charge is 0.435 e. The van der Waals surface area contributed by atoms with Crippen molar-refractivity contribution in [2.45, 2.75) is 6.18 Å². The molecule has 152 valence electrons. The number of ether oxygens (including phenoxy) is 1. The van der Waals surface area contributed by atoms with Crippen LogP contribution in [0.5, 0.6) is 5.75 Å². The molecule has 2 aromatic carbocycles. The Kier molecular flexibility index (Phi) is 6.02. The van der Waals surface area contributed by atoms with Crippen molar-refractivity contribution in [3.8, 4) is 11.4 Å². The van der Waals surface area contributed by atoms with E-state index in [-0.39, 0.29) is 18.8 Å². The first kappa shape index (κ1) is 20.6. The number of hydrogen-bond donors (Lipinski definition) is 1. The van der Waals surface area contributed by atoms with Gasteiger partial charge >= 0.3 is 6.18 Å². The zero-order valence-electron chi connectivity index (χ0n) is 14.6. The minimum Gasteiger partial charge on any atom is -0.492 e. The van der Waals surface area contributed by atoms with Crippen LogP contribution in [-0.2, 0) is 6.18 Å². The summed E-state index contributed by atoms with van der Waals surface area (Å²) in [5, 5.41) is 9.52. The topological polar surface area (TPSA) is 69.0 Å². The minimum atomic E-state index is -4.94. The Labute approximate surface area is 167 Å². The number of rotatable bonds is 6. The van der Waals surface area contributed by atoms with E-state index in [1.54, 1.807) is 24.3 Å². The van der Waals surface area contributed by atoms with Crippen LogP contribution in [-0.4, -0.2) is 34.1 Å². The molecule has 0 aliphatic carbocycles. The summed E-state index contributed by atoms with van der Waals surface area (Å²) in [4.78, 5) is 12.2. The average Bonchev–Trinajstić information content (AvgIpc) is 3.12. The van der Waals surface area contributed by atoms with Gasteiger partial charge in [-0.1, -0.05) is 22.9 Å². The van der Waals surface area contributed by atoms with Crippen molar-refractivity contribution in [2.24, 2.45) is 0 Å². The Morgan fingerprint density at radius 2 is 1.90 bits per heavy atom. The monoisotopic (exact) mass is 428 g/mol. The molecule has 3 aromatic rings. The van der Waals surface area contributed by atoms with Crippen molar-refractivity contribution in [1.29, 1.82) is 0 Å². The second-order valence-corrected chi connectivity index (χ2v) is 6.17. The lowest BCUT2D eigenvalue weighted by atomic mass is 10.2. The molecule has 1 aromatic heterocycles. The number of nitrogens with one attached hydrogen (secondary N) is 1. The molecular formula is C18H13ClF4N4O2. The van der Waals surface area contributed by atoms with E-state index >= 15 is 0 Å². The normalized spacial score (nSPS) is 11.3. The first-order valence-electron chi connectivity index (χ1n) is 8.21. The molecule has 11 heteroatoms. The van der Waals surface area contributed by atoms with Crippen LogP contribution in [0.4, 0.5) is 17.6 Å². The number of nitrogens with zero attached hydrogens (tertiary/aromatic N) is 3. The van der Waals surface area contributed by atoms with Gasteiger partial charge in [0.05, 0.1) is 12.2 Å². The zero-order chi connectivity index (χ0) is 21.0. The van der Waals surface area contributed by atoms with Crippen LogP contribution in [0.2, 0.25) is 5.02 Å². The van der Waals surface area contributed by atoms with Crippen molar-refractivity contribution >= 4 is 17.5 Å². The first-order chi connectivity index (χ1) is 13.8. The summed E-state index contributed by atoms with van der Waals surface area (Å²) in [5.74, 6) is -1.35. The van der Waals surface area contributed by atoms with Crippen LogP contribution in [0.15, 0.2) is 48.5 Å². The van der Waals surface area contributed by atoms with Crippen molar-refractivity contribution in [3.63, 3.8) is 0 Å². The lowest BCUT2D eigenvalue weighted by Gasteiger charge is -2.11. The molecule has 0 atom stereocenters. The molecule has 0 saturated heterocycles. The highest BCUT2D eigenvalue weighted by Crippen LogP contribution is 2.32. The number of aromatic nitrogens is 3. The molecule has 6 nitrogen and oxygen atoms in total. The standard InChI is InChI=1S/C18H13ClF4N4O2/c19-11-4-6-14(7-5-11)29-9-8-24-17(28)15-16(18(21,22)23)27(26-25-15)13-3-1-2-12(20)10-13/h1-7,10H,8-9H2,(H,24,28). The molecule has 0 spiro atoms. The van der Waals surface area contributed by atoms with E-state index in [1.807, 2.05) is 0 Å². The van der Waals surface area contributed by atoms with Gasteiger partial charge in [-0.05, 0) is 42.5 Å². The van der Waals surface area contributed by atoms with Crippen LogP contribution >= 0.6 is 11.6 Å². The third kappa shape index (κ3) is 5.02. The molecule has 1 amide bonds. The maximum Gasteiger partial charge on any atom is 0.435 e. The summed E-state index contributed by atoms with van der Waals surface area (Å²) in [6.45, 7) is -0.0711. The lowest BCUT2D eigenvalue weighted by Crippen LogP contribution is -2.30. The Bertz CT molecular complexity index is 1010. The van der Waals surface area contributed by atoms with Gasteiger partial charge in [0.1, 0.15) is 18.2 Å². The van der Waals surface area contributed by atoms with Gasteiger partial charge in [-0.3, -0.25) is 4.79 Å².